The summed E-state index contributed by atoms with van der Waals surface area (Å²) in [6, 6.07) is 10.9. The molecule has 166 valence electrons. The van der Waals surface area contributed by atoms with Crippen molar-refractivity contribution < 1.29 is 21.6 Å². The van der Waals surface area contributed by atoms with Gasteiger partial charge in [0, 0.05) is 24.2 Å². The largest absolute Gasteiger partial charge is 0.309 e. The Hall–Kier alpha value is -2.27. The van der Waals surface area contributed by atoms with Crippen LogP contribution in [0.4, 0.5) is 5.69 Å². The molecular formula is C21H25N3O5S2. The normalized spacial score (nSPS) is 18.8. The fourth-order valence-corrected chi connectivity index (χ4v) is 5.49. The Morgan fingerprint density at radius 3 is 2.32 bits per heavy atom. The highest BCUT2D eigenvalue weighted by Gasteiger charge is 2.39. The maximum absolute atomic E-state index is 12.7. The third-order valence-corrected chi connectivity index (χ3v) is 8.09. The van der Waals surface area contributed by atoms with E-state index in [0.717, 1.165) is 29.7 Å². The van der Waals surface area contributed by atoms with Crippen molar-refractivity contribution in [2.24, 2.45) is 11.1 Å². The quantitative estimate of drug-likeness (QED) is 0.644. The molecule has 0 saturated heterocycles. The van der Waals surface area contributed by atoms with E-state index in [1.54, 1.807) is 24.3 Å². The van der Waals surface area contributed by atoms with Crippen molar-refractivity contribution in [1.29, 1.82) is 0 Å². The van der Waals surface area contributed by atoms with Crippen LogP contribution in [0, 0.1) is 5.92 Å². The van der Waals surface area contributed by atoms with E-state index in [9.17, 15) is 21.6 Å². The summed E-state index contributed by atoms with van der Waals surface area (Å²) in [5.41, 5.74) is 2.45. The third-order valence-electron chi connectivity index (χ3n) is 5.70. The number of fused-ring (bicyclic) bond motifs is 1. The zero-order valence-corrected chi connectivity index (χ0v) is 18.7. The molecule has 1 amide bonds. The van der Waals surface area contributed by atoms with E-state index in [4.69, 9.17) is 5.14 Å². The lowest BCUT2D eigenvalue weighted by Crippen LogP contribution is -2.36. The maximum Gasteiger partial charge on any atom is 0.240 e. The molecule has 2 aliphatic rings. The number of benzene rings is 2. The molecule has 1 saturated carbocycles. The van der Waals surface area contributed by atoms with E-state index in [1.807, 2.05) is 11.8 Å². The van der Waals surface area contributed by atoms with Gasteiger partial charge < -0.3 is 4.90 Å². The maximum atomic E-state index is 12.7. The first-order valence-corrected chi connectivity index (χ1v) is 13.2. The van der Waals surface area contributed by atoms with Crippen LogP contribution in [-0.2, 0) is 37.7 Å². The molecule has 31 heavy (non-hydrogen) atoms. The lowest BCUT2D eigenvalue weighted by molar-refractivity contribution is -0.120. The van der Waals surface area contributed by atoms with Gasteiger partial charge in [-0.15, -0.1) is 0 Å². The predicted octanol–water partition coefficient (Wildman–Crippen LogP) is 1.54. The van der Waals surface area contributed by atoms with Gasteiger partial charge in [-0.1, -0.05) is 12.1 Å². The average molecular weight is 464 g/mol. The van der Waals surface area contributed by atoms with Gasteiger partial charge in [0.25, 0.3) is 0 Å². The Labute approximate surface area is 182 Å². The number of amides is 1. The van der Waals surface area contributed by atoms with Gasteiger partial charge in [-0.2, -0.15) is 0 Å². The van der Waals surface area contributed by atoms with Crippen LogP contribution in [0.15, 0.2) is 52.3 Å². The molecule has 3 N–H and O–H groups in total. The van der Waals surface area contributed by atoms with Crippen LogP contribution in [-0.4, -0.2) is 35.3 Å². The summed E-state index contributed by atoms with van der Waals surface area (Å²) in [6.07, 6.45) is 2.89. The van der Waals surface area contributed by atoms with Gasteiger partial charge in [0.1, 0.15) is 0 Å². The van der Waals surface area contributed by atoms with Crippen molar-refractivity contribution in [3.05, 3.63) is 53.6 Å². The van der Waals surface area contributed by atoms with Crippen molar-refractivity contribution in [3.8, 4) is 0 Å². The molecule has 2 aromatic carbocycles. The molecule has 8 nitrogen and oxygen atoms in total. The molecule has 1 unspecified atom stereocenters. The smallest absolute Gasteiger partial charge is 0.240 e. The molecule has 1 fully saturated rings. The average Bonchev–Trinajstić information content (AvgIpc) is 3.49. The van der Waals surface area contributed by atoms with E-state index in [-0.39, 0.29) is 34.2 Å². The summed E-state index contributed by atoms with van der Waals surface area (Å²) in [7, 11) is -7.47. The van der Waals surface area contributed by atoms with Crippen molar-refractivity contribution >= 4 is 31.6 Å². The Morgan fingerprint density at radius 1 is 1.06 bits per heavy atom. The number of sulfonamides is 2. The van der Waals surface area contributed by atoms with Crippen molar-refractivity contribution in [3.63, 3.8) is 0 Å². The first-order chi connectivity index (χ1) is 14.6. The Kier molecular flexibility index (Phi) is 5.67. The highest BCUT2D eigenvalue weighted by atomic mass is 32.2. The molecule has 1 aliphatic carbocycles. The second-order valence-corrected chi connectivity index (χ2v) is 11.5. The predicted molar refractivity (Wildman–Crippen MR) is 117 cm³/mol. The first-order valence-electron chi connectivity index (χ1n) is 10.1. The van der Waals surface area contributed by atoms with E-state index in [1.165, 1.54) is 18.2 Å². The first kappa shape index (κ1) is 21.9. The van der Waals surface area contributed by atoms with Gasteiger partial charge >= 0.3 is 0 Å². The van der Waals surface area contributed by atoms with E-state index in [2.05, 4.69) is 4.72 Å². The van der Waals surface area contributed by atoms with Crippen LogP contribution < -0.4 is 14.8 Å². The topological polar surface area (TPSA) is 127 Å². The van der Waals surface area contributed by atoms with Gasteiger partial charge in [0.05, 0.1) is 9.79 Å². The lowest BCUT2D eigenvalue weighted by Gasteiger charge is -2.22. The molecule has 0 spiro atoms. The SMILES string of the molecule is CC1Cc2cc(S(=O)(=O)NCCc3ccc(S(N)(=O)=O)cc3)ccc2N1C(=O)C1CC1. The fourth-order valence-electron chi connectivity index (χ4n) is 3.90. The third kappa shape index (κ3) is 4.67. The number of nitrogens with one attached hydrogen (secondary N) is 1. The van der Waals surface area contributed by atoms with Crippen LogP contribution in [0.5, 0.6) is 0 Å². The Bertz CT molecular complexity index is 1220. The minimum absolute atomic E-state index is 0.0124. The van der Waals surface area contributed by atoms with Crippen LogP contribution in [0.25, 0.3) is 0 Å². The van der Waals surface area contributed by atoms with E-state index in [0.29, 0.717) is 12.8 Å². The molecule has 10 heteroatoms. The number of hydrogen-bond acceptors (Lipinski definition) is 5. The van der Waals surface area contributed by atoms with E-state index < -0.39 is 20.0 Å². The van der Waals surface area contributed by atoms with Gasteiger partial charge in [0.15, 0.2) is 0 Å². The van der Waals surface area contributed by atoms with Gasteiger partial charge in [-0.25, -0.2) is 26.7 Å². The Morgan fingerprint density at radius 2 is 1.71 bits per heavy atom. The summed E-state index contributed by atoms with van der Waals surface area (Å²) in [5.74, 6) is 0.242. The van der Waals surface area contributed by atoms with Gasteiger partial charge in [-0.05, 0) is 74.1 Å². The van der Waals surface area contributed by atoms with Crippen LogP contribution in [0.1, 0.15) is 30.9 Å². The molecule has 0 bridgehead atoms. The molecule has 1 aliphatic heterocycles. The highest BCUT2D eigenvalue weighted by molar-refractivity contribution is 7.89. The van der Waals surface area contributed by atoms with Crippen molar-refractivity contribution in [2.45, 2.75) is 48.4 Å². The molecule has 4 rings (SSSR count). The second kappa shape index (κ2) is 8.01. The lowest BCUT2D eigenvalue weighted by atomic mass is 10.1. The molecule has 1 atom stereocenters. The number of nitrogens with two attached hydrogens (primary N) is 1. The van der Waals surface area contributed by atoms with Gasteiger partial charge in [0.2, 0.25) is 26.0 Å². The highest BCUT2D eigenvalue weighted by Crippen LogP contribution is 2.39. The molecule has 1 heterocycles. The number of primary sulfonamides is 1. The summed E-state index contributed by atoms with van der Waals surface area (Å²) < 4.78 is 50.7. The second-order valence-electron chi connectivity index (χ2n) is 8.16. The fraction of sp³-hybridized carbons (Fsp3) is 0.381. The number of carbonyl (C=O) groups is 1. The number of nitrogens with zero attached hydrogens (tertiary/aromatic N) is 1. The van der Waals surface area contributed by atoms with Crippen molar-refractivity contribution in [2.75, 3.05) is 11.4 Å². The molecule has 0 aromatic heterocycles. The minimum atomic E-state index is -3.76. The number of rotatable bonds is 7. The van der Waals surface area contributed by atoms with Crippen LogP contribution in [0.2, 0.25) is 0 Å². The molecule has 0 radical (unpaired) electrons. The number of anilines is 1. The zero-order valence-electron chi connectivity index (χ0n) is 17.1. The van der Waals surface area contributed by atoms with Crippen LogP contribution in [0.3, 0.4) is 0 Å². The standard InChI is InChI=1S/C21H25N3O5S2/c1-14-12-17-13-19(8-9-20(17)24(14)21(25)16-4-5-16)31(28,29)23-11-10-15-2-6-18(7-3-15)30(22,26)27/h2-3,6-9,13-14,16,23H,4-5,10-12H2,1H3,(H2,22,26,27). The summed E-state index contributed by atoms with van der Waals surface area (Å²) in [6.45, 7) is 2.14. The summed E-state index contributed by atoms with van der Waals surface area (Å²) in [4.78, 5) is 14.6. The molecule has 2 aromatic rings. The summed E-state index contributed by atoms with van der Waals surface area (Å²) in [5, 5.41) is 5.08. The Balaban J connectivity index is 1.42. The molecular weight excluding hydrogens is 438 g/mol. The summed E-state index contributed by atoms with van der Waals surface area (Å²) >= 11 is 0. The number of hydrogen-bond donors (Lipinski definition) is 2. The van der Waals surface area contributed by atoms with Crippen molar-refractivity contribution in [1.82, 2.24) is 4.72 Å². The zero-order chi connectivity index (χ0) is 22.4. The minimum Gasteiger partial charge on any atom is -0.309 e. The van der Waals surface area contributed by atoms with Gasteiger partial charge in [-0.3, -0.25) is 4.79 Å². The monoisotopic (exact) mass is 463 g/mol. The van der Waals surface area contributed by atoms with Crippen LogP contribution >= 0.6 is 0 Å². The number of carbonyl (C=O) groups excluding carboxylic acids is 1. The van der Waals surface area contributed by atoms with E-state index >= 15 is 0 Å².